The van der Waals surface area contributed by atoms with Crippen LogP contribution in [-0.4, -0.2) is 18.3 Å². The molecule has 2 nitrogen and oxygen atoms in total. The number of hydrogen-bond donors (Lipinski definition) is 1. The minimum atomic E-state index is -0.282. The Morgan fingerprint density at radius 3 is 2.79 bits per heavy atom. The summed E-state index contributed by atoms with van der Waals surface area (Å²) in [5.74, 6) is 0.790. The number of halogens is 1. The monoisotopic (exact) mass is 214 g/mol. The number of aliphatic hydroxyl groups excluding tert-OH is 1. The second kappa shape index (κ2) is 5.23. The van der Waals surface area contributed by atoms with E-state index in [1.54, 1.807) is 20.1 Å². The van der Waals surface area contributed by atoms with Crippen molar-refractivity contribution in [3.05, 3.63) is 28.8 Å². The highest BCUT2D eigenvalue weighted by molar-refractivity contribution is 6.30. The van der Waals surface area contributed by atoms with Gasteiger partial charge in [-0.2, -0.15) is 0 Å². The van der Waals surface area contributed by atoms with Gasteiger partial charge in [0.05, 0.1) is 13.2 Å². The zero-order valence-electron chi connectivity index (χ0n) is 8.46. The van der Waals surface area contributed by atoms with Gasteiger partial charge in [-0.3, -0.25) is 0 Å². The van der Waals surface area contributed by atoms with Gasteiger partial charge in [-0.05, 0) is 37.5 Å². The van der Waals surface area contributed by atoms with Crippen LogP contribution in [0.15, 0.2) is 18.2 Å². The van der Waals surface area contributed by atoms with Gasteiger partial charge in [0.25, 0.3) is 0 Å². The Bertz CT molecular complexity index is 297. The summed E-state index contributed by atoms with van der Waals surface area (Å²) >= 11 is 5.83. The second-order valence-electron chi connectivity index (χ2n) is 3.34. The Hall–Kier alpha value is -0.730. The molecule has 0 saturated carbocycles. The van der Waals surface area contributed by atoms with Crippen molar-refractivity contribution < 1.29 is 9.84 Å². The van der Waals surface area contributed by atoms with Gasteiger partial charge < -0.3 is 9.84 Å². The summed E-state index contributed by atoms with van der Waals surface area (Å²) in [6, 6.07) is 5.56. The minimum absolute atomic E-state index is 0.282. The number of methoxy groups -OCH3 is 1. The quantitative estimate of drug-likeness (QED) is 0.835. The summed E-state index contributed by atoms with van der Waals surface area (Å²) in [5.41, 5.74) is 1.08. The highest BCUT2D eigenvalue weighted by atomic mass is 35.5. The molecule has 14 heavy (non-hydrogen) atoms. The van der Waals surface area contributed by atoms with Gasteiger partial charge in [-0.25, -0.2) is 0 Å². The Morgan fingerprint density at radius 1 is 1.50 bits per heavy atom. The van der Waals surface area contributed by atoms with Gasteiger partial charge in [-0.15, -0.1) is 0 Å². The average Bonchev–Trinajstić information content (AvgIpc) is 2.15. The number of hydrogen-bond acceptors (Lipinski definition) is 2. The molecule has 0 bridgehead atoms. The number of rotatable bonds is 4. The molecule has 0 spiro atoms. The first-order valence-corrected chi connectivity index (χ1v) is 5.01. The van der Waals surface area contributed by atoms with E-state index in [2.05, 4.69) is 0 Å². The predicted octanol–water partition coefficient (Wildman–Crippen LogP) is 2.66. The summed E-state index contributed by atoms with van der Waals surface area (Å²) in [4.78, 5) is 0. The molecule has 0 amide bonds. The third kappa shape index (κ3) is 3.20. The van der Waals surface area contributed by atoms with Crippen LogP contribution in [0.3, 0.4) is 0 Å². The summed E-state index contributed by atoms with van der Waals surface area (Å²) in [7, 11) is 1.62. The number of aryl methyl sites for hydroxylation is 1. The molecular formula is C11H15ClO2. The molecule has 0 saturated heterocycles. The number of aliphatic hydroxyl groups is 1. The van der Waals surface area contributed by atoms with E-state index in [0.717, 1.165) is 24.2 Å². The first kappa shape index (κ1) is 11.3. The topological polar surface area (TPSA) is 29.5 Å². The van der Waals surface area contributed by atoms with E-state index in [0.29, 0.717) is 5.02 Å². The maximum atomic E-state index is 9.16. The fourth-order valence-electron chi connectivity index (χ4n) is 1.29. The molecule has 0 aliphatic rings. The molecule has 1 atom stereocenters. The lowest BCUT2D eigenvalue weighted by molar-refractivity contribution is 0.184. The molecule has 1 aromatic carbocycles. The molecule has 0 radical (unpaired) electrons. The lowest BCUT2D eigenvalue weighted by atomic mass is 10.1. The molecule has 0 aromatic heterocycles. The van der Waals surface area contributed by atoms with Gasteiger partial charge in [-0.1, -0.05) is 17.7 Å². The van der Waals surface area contributed by atoms with Crippen molar-refractivity contribution >= 4 is 11.6 Å². The summed E-state index contributed by atoms with van der Waals surface area (Å²) in [6.07, 6.45) is 1.26. The molecule has 0 aliphatic heterocycles. The van der Waals surface area contributed by atoms with E-state index in [4.69, 9.17) is 21.4 Å². The van der Waals surface area contributed by atoms with Crippen LogP contribution < -0.4 is 4.74 Å². The van der Waals surface area contributed by atoms with Crippen LogP contribution in [0.25, 0.3) is 0 Å². The minimum Gasteiger partial charge on any atom is -0.496 e. The van der Waals surface area contributed by atoms with Crippen LogP contribution in [0.2, 0.25) is 5.02 Å². The maximum Gasteiger partial charge on any atom is 0.123 e. The van der Waals surface area contributed by atoms with Crippen molar-refractivity contribution in [3.8, 4) is 5.75 Å². The Labute approximate surface area is 89.5 Å². The van der Waals surface area contributed by atoms with Gasteiger partial charge in [0.15, 0.2) is 0 Å². The summed E-state index contributed by atoms with van der Waals surface area (Å²) in [6.45, 7) is 1.78. The smallest absolute Gasteiger partial charge is 0.123 e. The van der Waals surface area contributed by atoms with Crippen LogP contribution in [0.5, 0.6) is 5.75 Å². The molecule has 0 fully saturated rings. The third-order valence-electron chi connectivity index (χ3n) is 2.08. The Morgan fingerprint density at radius 2 is 2.21 bits per heavy atom. The van der Waals surface area contributed by atoms with Crippen molar-refractivity contribution in [3.63, 3.8) is 0 Å². The predicted molar refractivity (Wildman–Crippen MR) is 58.0 cm³/mol. The zero-order chi connectivity index (χ0) is 10.6. The zero-order valence-corrected chi connectivity index (χ0v) is 9.21. The lowest BCUT2D eigenvalue weighted by Crippen LogP contribution is -2.02. The van der Waals surface area contributed by atoms with Gasteiger partial charge in [0, 0.05) is 5.02 Å². The molecule has 78 valence electrons. The van der Waals surface area contributed by atoms with Crippen LogP contribution >= 0.6 is 11.6 Å². The van der Waals surface area contributed by atoms with Crippen LogP contribution in [-0.2, 0) is 6.42 Å². The molecule has 3 heteroatoms. The van der Waals surface area contributed by atoms with Crippen molar-refractivity contribution in [2.75, 3.05) is 7.11 Å². The van der Waals surface area contributed by atoms with Crippen LogP contribution in [0.1, 0.15) is 18.9 Å². The molecular weight excluding hydrogens is 200 g/mol. The first-order chi connectivity index (χ1) is 6.63. The lowest BCUT2D eigenvalue weighted by Gasteiger charge is -2.09. The summed E-state index contributed by atoms with van der Waals surface area (Å²) < 4.78 is 5.19. The highest BCUT2D eigenvalue weighted by Gasteiger charge is 2.05. The average molecular weight is 215 g/mol. The Kier molecular flexibility index (Phi) is 4.23. The fraction of sp³-hybridized carbons (Fsp3) is 0.455. The van der Waals surface area contributed by atoms with Crippen molar-refractivity contribution in [2.24, 2.45) is 0 Å². The second-order valence-corrected chi connectivity index (χ2v) is 3.78. The molecule has 1 N–H and O–H groups in total. The van der Waals surface area contributed by atoms with E-state index in [1.807, 2.05) is 12.1 Å². The van der Waals surface area contributed by atoms with E-state index < -0.39 is 0 Å². The first-order valence-electron chi connectivity index (χ1n) is 4.64. The number of ether oxygens (including phenoxy) is 1. The molecule has 0 unspecified atom stereocenters. The largest absolute Gasteiger partial charge is 0.496 e. The van der Waals surface area contributed by atoms with Crippen molar-refractivity contribution in [1.29, 1.82) is 0 Å². The molecule has 0 aliphatic carbocycles. The standard InChI is InChI=1S/C11H15ClO2/c1-8(13)3-4-9-5-6-10(12)7-11(9)14-2/h5-8,13H,3-4H2,1-2H3/t8-/m1/s1. The number of benzene rings is 1. The fourth-order valence-corrected chi connectivity index (χ4v) is 1.45. The molecule has 1 aromatic rings. The highest BCUT2D eigenvalue weighted by Crippen LogP contribution is 2.24. The van der Waals surface area contributed by atoms with Gasteiger partial charge >= 0.3 is 0 Å². The van der Waals surface area contributed by atoms with E-state index in [-0.39, 0.29) is 6.10 Å². The third-order valence-corrected chi connectivity index (χ3v) is 2.32. The Balaban J connectivity index is 2.75. The maximum absolute atomic E-state index is 9.16. The molecule has 1 rings (SSSR count). The SMILES string of the molecule is COc1cc(Cl)ccc1CC[C@@H](C)O. The van der Waals surface area contributed by atoms with Crippen LogP contribution in [0.4, 0.5) is 0 Å². The summed E-state index contributed by atoms with van der Waals surface area (Å²) in [5, 5.41) is 9.83. The normalized spacial score (nSPS) is 12.6. The van der Waals surface area contributed by atoms with E-state index in [1.165, 1.54) is 0 Å². The van der Waals surface area contributed by atoms with E-state index >= 15 is 0 Å². The van der Waals surface area contributed by atoms with Crippen LogP contribution in [0, 0.1) is 0 Å². The van der Waals surface area contributed by atoms with Crippen molar-refractivity contribution in [2.45, 2.75) is 25.9 Å². The van der Waals surface area contributed by atoms with Gasteiger partial charge in [0.1, 0.15) is 5.75 Å². The van der Waals surface area contributed by atoms with E-state index in [9.17, 15) is 0 Å². The van der Waals surface area contributed by atoms with Crippen molar-refractivity contribution in [1.82, 2.24) is 0 Å². The van der Waals surface area contributed by atoms with Gasteiger partial charge in [0.2, 0.25) is 0 Å². The molecule has 0 heterocycles.